The van der Waals surface area contributed by atoms with E-state index in [9.17, 15) is 9.59 Å². The van der Waals surface area contributed by atoms with Crippen LogP contribution in [0.2, 0.25) is 37.8 Å². The number of ketones is 1. The highest BCUT2D eigenvalue weighted by molar-refractivity contribution is 6.87. The Labute approximate surface area is 149 Å². The summed E-state index contributed by atoms with van der Waals surface area (Å²) in [6, 6.07) is 0. The van der Waals surface area contributed by atoms with Gasteiger partial charge in [0.15, 0.2) is 14.1 Å². The maximum absolute atomic E-state index is 12.6. The van der Waals surface area contributed by atoms with Crippen LogP contribution in [0.15, 0.2) is 10.8 Å². The summed E-state index contributed by atoms with van der Waals surface area (Å²) in [5.41, 5.74) is 1.34. The van der Waals surface area contributed by atoms with Crippen LogP contribution < -0.4 is 0 Å². The summed E-state index contributed by atoms with van der Waals surface area (Å²) in [5, 5.41) is 1.30. The van der Waals surface area contributed by atoms with Crippen molar-refractivity contribution in [1.29, 1.82) is 0 Å². The maximum Gasteiger partial charge on any atom is 0.192 e. The van der Waals surface area contributed by atoms with E-state index in [1.807, 2.05) is 0 Å². The van der Waals surface area contributed by atoms with Gasteiger partial charge in [-0.1, -0.05) is 46.0 Å². The molecule has 0 aromatic heterocycles. The first-order valence-electron chi connectivity index (χ1n) is 9.18. The highest BCUT2D eigenvalue weighted by atomic mass is 28.4. The molecule has 2 aliphatic carbocycles. The molecular weight excluding hydrogens is 332 g/mol. The molecule has 0 aromatic rings. The standard InChI is InChI=1S/C19H34O3Si2/c1-19(2,3)24(7,8)22-17-12-15-14(13(17)9-10-20)11-16(21)18(15)23(4,5)6/h10,13-14,17H,9,11-12H2,1-8H3/t13-,14-,17+/m0/s1. The van der Waals surface area contributed by atoms with Crippen molar-refractivity contribution in [2.75, 3.05) is 0 Å². The molecule has 0 spiro atoms. The van der Waals surface area contributed by atoms with Gasteiger partial charge in [-0.25, -0.2) is 0 Å². The number of fused-ring (bicyclic) bond motifs is 1. The van der Waals surface area contributed by atoms with Crippen LogP contribution in [-0.4, -0.2) is 34.6 Å². The predicted octanol–water partition coefficient (Wildman–Crippen LogP) is 4.75. The van der Waals surface area contributed by atoms with Crippen LogP contribution in [-0.2, 0) is 14.0 Å². The van der Waals surface area contributed by atoms with Crippen LogP contribution in [0.4, 0.5) is 0 Å². The van der Waals surface area contributed by atoms with E-state index >= 15 is 0 Å². The quantitative estimate of drug-likeness (QED) is 0.521. The van der Waals surface area contributed by atoms with Gasteiger partial charge < -0.3 is 9.22 Å². The zero-order chi connectivity index (χ0) is 18.5. The van der Waals surface area contributed by atoms with Gasteiger partial charge in [0.2, 0.25) is 0 Å². The lowest BCUT2D eigenvalue weighted by Crippen LogP contribution is -2.45. The number of hydrogen-bond acceptors (Lipinski definition) is 3. The molecule has 0 amide bonds. The SMILES string of the molecule is CC(C)(C)[Si](C)(C)O[C@@H]1CC2=C([Si](C)(C)C)C(=O)C[C@H]2[C@@H]1CC=O. The zero-order valence-corrected chi connectivity index (χ0v) is 18.7. The van der Waals surface area contributed by atoms with Crippen molar-refractivity contribution in [3.8, 4) is 0 Å². The van der Waals surface area contributed by atoms with Crippen LogP contribution in [0, 0.1) is 11.8 Å². The number of allylic oxidation sites excluding steroid dienone is 1. The normalized spacial score (nSPS) is 28.5. The Hall–Kier alpha value is -0.526. The Morgan fingerprint density at radius 1 is 1.12 bits per heavy atom. The third-order valence-electron chi connectivity index (χ3n) is 6.24. The Morgan fingerprint density at radius 2 is 1.71 bits per heavy atom. The van der Waals surface area contributed by atoms with Crippen molar-refractivity contribution in [2.45, 2.75) is 83.9 Å². The summed E-state index contributed by atoms with van der Waals surface area (Å²) < 4.78 is 6.71. The van der Waals surface area contributed by atoms with Gasteiger partial charge in [0, 0.05) is 12.8 Å². The summed E-state index contributed by atoms with van der Waals surface area (Å²) in [7, 11) is -3.54. The summed E-state index contributed by atoms with van der Waals surface area (Å²) in [6.07, 6.45) is 3.11. The molecule has 3 nitrogen and oxygen atoms in total. The second-order valence-electron chi connectivity index (χ2n) is 10.1. The highest BCUT2D eigenvalue weighted by Crippen LogP contribution is 2.51. The molecule has 0 saturated heterocycles. The Bertz CT molecular complexity index is 564. The third-order valence-corrected chi connectivity index (χ3v) is 12.8. The van der Waals surface area contributed by atoms with Crippen molar-refractivity contribution in [3.05, 3.63) is 10.8 Å². The summed E-state index contributed by atoms with van der Waals surface area (Å²) in [4.78, 5) is 23.9. The van der Waals surface area contributed by atoms with Gasteiger partial charge >= 0.3 is 0 Å². The largest absolute Gasteiger partial charge is 0.413 e. The van der Waals surface area contributed by atoms with E-state index in [4.69, 9.17) is 4.43 Å². The zero-order valence-electron chi connectivity index (χ0n) is 16.7. The second-order valence-corrected chi connectivity index (χ2v) is 19.8. The molecule has 0 aromatic carbocycles. The minimum Gasteiger partial charge on any atom is -0.413 e. The molecule has 0 aliphatic heterocycles. The first-order chi connectivity index (χ1) is 10.8. The van der Waals surface area contributed by atoms with Gasteiger partial charge in [0.05, 0.1) is 14.2 Å². The molecule has 2 rings (SSSR count). The van der Waals surface area contributed by atoms with Crippen LogP contribution >= 0.6 is 0 Å². The monoisotopic (exact) mass is 366 g/mol. The Morgan fingerprint density at radius 3 is 2.17 bits per heavy atom. The van der Waals surface area contributed by atoms with E-state index in [1.54, 1.807) is 0 Å². The topological polar surface area (TPSA) is 43.4 Å². The van der Waals surface area contributed by atoms with E-state index < -0.39 is 16.4 Å². The molecule has 3 atom stereocenters. The van der Waals surface area contributed by atoms with Crippen LogP contribution in [0.25, 0.3) is 0 Å². The number of carbonyl (C=O) groups is 2. The number of hydrogen-bond donors (Lipinski definition) is 0. The third kappa shape index (κ3) is 3.53. The fourth-order valence-electron chi connectivity index (χ4n) is 4.09. The average molecular weight is 367 g/mol. The molecule has 0 radical (unpaired) electrons. The predicted molar refractivity (Wildman–Crippen MR) is 104 cm³/mol. The molecule has 0 heterocycles. The molecule has 24 heavy (non-hydrogen) atoms. The Kier molecular flexibility index (Phi) is 5.22. The maximum atomic E-state index is 12.6. The number of carbonyl (C=O) groups excluding carboxylic acids is 2. The smallest absolute Gasteiger partial charge is 0.192 e. The van der Waals surface area contributed by atoms with Gasteiger partial charge in [-0.2, -0.15) is 0 Å². The minimum absolute atomic E-state index is 0.107. The van der Waals surface area contributed by atoms with Crippen molar-refractivity contribution in [1.82, 2.24) is 0 Å². The molecular formula is C19H34O3Si2. The number of aldehydes is 1. The number of Topliss-reactive ketones (excluding diaryl/α,β-unsaturated/α-hetero) is 1. The first-order valence-corrected chi connectivity index (χ1v) is 15.6. The molecule has 136 valence electrons. The molecule has 1 fully saturated rings. The van der Waals surface area contributed by atoms with Gasteiger partial charge in [0.1, 0.15) is 6.29 Å². The van der Waals surface area contributed by atoms with Crippen molar-refractivity contribution < 1.29 is 14.0 Å². The molecule has 0 N–H and O–H groups in total. The van der Waals surface area contributed by atoms with Gasteiger partial charge in [-0.05, 0) is 41.6 Å². The van der Waals surface area contributed by atoms with E-state index in [1.165, 1.54) is 5.57 Å². The molecule has 5 heteroatoms. The fraction of sp³-hybridized carbons (Fsp3) is 0.789. The molecule has 2 aliphatic rings. The van der Waals surface area contributed by atoms with E-state index in [0.717, 1.165) is 17.9 Å². The van der Waals surface area contributed by atoms with E-state index in [-0.39, 0.29) is 23.0 Å². The lowest BCUT2D eigenvalue weighted by Gasteiger charge is -2.40. The number of rotatable bonds is 5. The molecule has 0 unspecified atom stereocenters. The van der Waals surface area contributed by atoms with E-state index in [0.29, 0.717) is 18.6 Å². The summed E-state index contributed by atoms with van der Waals surface area (Å²) >= 11 is 0. The Balaban J connectivity index is 2.37. The van der Waals surface area contributed by atoms with Crippen molar-refractivity contribution in [3.63, 3.8) is 0 Å². The van der Waals surface area contributed by atoms with Crippen LogP contribution in [0.5, 0.6) is 0 Å². The van der Waals surface area contributed by atoms with E-state index in [2.05, 4.69) is 53.5 Å². The van der Waals surface area contributed by atoms with Gasteiger partial charge in [0.25, 0.3) is 0 Å². The fourth-order valence-corrected chi connectivity index (χ4v) is 7.65. The van der Waals surface area contributed by atoms with Gasteiger partial charge in [-0.3, -0.25) is 4.79 Å². The summed E-state index contributed by atoms with van der Waals surface area (Å²) in [5.74, 6) is 0.777. The van der Waals surface area contributed by atoms with Crippen LogP contribution in [0.3, 0.4) is 0 Å². The molecule has 0 bridgehead atoms. The van der Waals surface area contributed by atoms with Crippen molar-refractivity contribution >= 4 is 28.5 Å². The van der Waals surface area contributed by atoms with Crippen molar-refractivity contribution in [2.24, 2.45) is 11.8 Å². The lowest BCUT2D eigenvalue weighted by molar-refractivity contribution is -0.116. The first kappa shape index (κ1) is 19.8. The minimum atomic E-state index is -1.89. The molecule has 1 saturated carbocycles. The summed E-state index contributed by atoms with van der Waals surface area (Å²) in [6.45, 7) is 18.1. The average Bonchev–Trinajstić information content (AvgIpc) is 2.83. The van der Waals surface area contributed by atoms with Gasteiger partial charge in [-0.15, -0.1) is 0 Å². The second kappa shape index (κ2) is 6.33. The highest BCUT2D eigenvalue weighted by Gasteiger charge is 2.51. The lowest BCUT2D eigenvalue weighted by atomic mass is 9.90. The van der Waals surface area contributed by atoms with Crippen LogP contribution in [0.1, 0.15) is 40.0 Å².